The average Bonchev–Trinajstić information content (AvgIpc) is 3.58. The predicted molar refractivity (Wildman–Crippen MR) is 143 cm³/mol. The molecule has 1 heterocycles. The van der Waals surface area contributed by atoms with Crippen molar-refractivity contribution in [3.63, 3.8) is 0 Å². The summed E-state index contributed by atoms with van der Waals surface area (Å²) in [6, 6.07) is 20.2. The molecule has 2 aromatic rings. The van der Waals surface area contributed by atoms with Crippen LogP contribution in [0, 0.1) is 0 Å². The smallest absolute Gasteiger partial charge is 0.109 e. The highest BCUT2D eigenvalue weighted by atomic mass is 16.3. The van der Waals surface area contributed by atoms with Gasteiger partial charge in [0.25, 0.3) is 0 Å². The minimum atomic E-state index is 0.0305. The van der Waals surface area contributed by atoms with Crippen LogP contribution >= 0.6 is 0 Å². The van der Waals surface area contributed by atoms with Gasteiger partial charge in [0.1, 0.15) is 5.76 Å². The molecule has 2 fully saturated rings. The first-order valence-corrected chi connectivity index (χ1v) is 12.6. The fourth-order valence-corrected chi connectivity index (χ4v) is 5.14. The molecule has 1 saturated heterocycles. The molecule has 2 N–H and O–H groups in total. The molecule has 4 rings (SSSR count). The highest BCUT2D eigenvalue weighted by Crippen LogP contribution is 2.39. The van der Waals surface area contributed by atoms with Crippen LogP contribution in [0.2, 0.25) is 0 Å². The van der Waals surface area contributed by atoms with Gasteiger partial charge < -0.3 is 10.2 Å². The summed E-state index contributed by atoms with van der Waals surface area (Å²) in [7, 11) is 0. The number of nitrogens with zero attached hydrogens (tertiary/aromatic N) is 1. The van der Waals surface area contributed by atoms with E-state index in [-0.39, 0.29) is 12.4 Å². The molecule has 1 unspecified atom stereocenters. The van der Waals surface area contributed by atoms with Crippen molar-refractivity contribution in [2.45, 2.75) is 51.0 Å². The zero-order valence-corrected chi connectivity index (χ0v) is 20.3. The Kier molecular flexibility index (Phi) is 8.21. The van der Waals surface area contributed by atoms with Gasteiger partial charge in [-0.15, -0.1) is 0 Å². The predicted octanol–water partition coefficient (Wildman–Crippen LogP) is 6.90. The maximum Gasteiger partial charge on any atom is 0.109 e. The van der Waals surface area contributed by atoms with E-state index in [1.807, 2.05) is 37.3 Å². The van der Waals surface area contributed by atoms with E-state index in [0.29, 0.717) is 12.3 Å². The van der Waals surface area contributed by atoms with E-state index in [9.17, 15) is 10.2 Å². The Morgan fingerprint density at radius 2 is 1.76 bits per heavy atom. The first-order valence-electron chi connectivity index (χ1n) is 12.6. The number of benzene rings is 2. The van der Waals surface area contributed by atoms with Crippen LogP contribution in [0.3, 0.4) is 0 Å². The Balaban J connectivity index is 1.77. The van der Waals surface area contributed by atoms with E-state index in [0.717, 1.165) is 40.3 Å². The van der Waals surface area contributed by atoms with Crippen LogP contribution in [0.5, 0.6) is 0 Å². The summed E-state index contributed by atoms with van der Waals surface area (Å²) >= 11 is 0. The number of rotatable bonds is 10. The maximum absolute atomic E-state index is 10.1. The van der Waals surface area contributed by atoms with Gasteiger partial charge in [-0.2, -0.15) is 0 Å². The summed E-state index contributed by atoms with van der Waals surface area (Å²) in [4.78, 5) is 2.66. The summed E-state index contributed by atoms with van der Waals surface area (Å²) in [5.74, 6) is 0.635. The van der Waals surface area contributed by atoms with Gasteiger partial charge in [0.2, 0.25) is 0 Å². The van der Waals surface area contributed by atoms with Gasteiger partial charge in [-0.25, -0.2) is 0 Å². The van der Waals surface area contributed by atoms with Crippen molar-refractivity contribution < 1.29 is 10.2 Å². The normalized spacial score (nSPS) is 20.1. The van der Waals surface area contributed by atoms with Crippen LogP contribution in [0.25, 0.3) is 11.1 Å². The molecule has 0 spiro atoms. The number of hydrogen-bond donors (Lipinski definition) is 2. The lowest BCUT2D eigenvalue weighted by Gasteiger charge is -2.19. The van der Waals surface area contributed by atoms with Gasteiger partial charge in [0, 0.05) is 19.2 Å². The second-order valence-electron chi connectivity index (χ2n) is 9.47. The quantitative estimate of drug-likeness (QED) is 0.233. The third-order valence-electron chi connectivity index (χ3n) is 6.92. The van der Waals surface area contributed by atoms with E-state index in [4.69, 9.17) is 0 Å². The highest BCUT2D eigenvalue weighted by Gasteiger charge is 2.34. The zero-order chi connectivity index (χ0) is 23.9. The summed E-state index contributed by atoms with van der Waals surface area (Å²) in [5, 5.41) is 19.7. The lowest BCUT2D eigenvalue weighted by atomic mass is 9.85. The molecule has 34 heavy (non-hydrogen) atoms. The molecule has 1 atom stereocenters. The minimum absolute atomic E-state index is 0.0305. The lowest BCUT2D eigenvalue weighted by Crippen LogP contribution is -2.22. The molecule has 0 amide bonds. The average molecular weight is 456 g/mol. The molecule has 2 aromatic carbocycles. The standard InChI is InChI=1S/C31H37NO2/c1-3-8-27(21-23(2)34)31(30(11-7-20-33)25-9-5-4-6-10-25)26-14-12-24(13-15-26)28-18-19-32(22-28)29-16-17-29/h3-6,8-10,12-15,21,28-29,33-34H,2,7,11,16-20,22H2,1H3/b8-3-,27-21+,31-30+. The maximum atomic E-state index is 10.1. The Morgan fingerprint density at radius 3 is 2.38 bits per heavy atom. The summed E-state index contributed by atoms with van der Waals surface area (Å²) in [6.45, 7) is 8.23. The van der Waals surface area contributed by atoms with Crippen LogP contribution in [-0.4, -0.2) is 40.9 Å². The molecule has 1 aliphatic heterocycles. The van der Waals surface area contributed by atoms with Gasteiger partial charge in [-0.05, 0) is 91.0 Å². The van der Waals surface area contributed by atoms with Gasteiger partial charge in [0.05, 0.1) is 0 Å². The van der Waals surface area contributed by atoms with Crippen molar-refractivity contribution >= 4 is 11.1 Å². The number of likely N-dealkylation sites (tertiary alicyclic amines) is 1. The SMILES string of the molecule is C=C(O)/C=C(\C=C/C)C(=C(\CCCO)c1ccccc1)/c1ccc(C2CCN(C3CC3)C2)cc1. The summed E-state index contributed by atoms with van der Waals surface area (Å²) in [5.41, 5.74) is 6.80. The van der Waals surface area contributed by atoms with Gasteiger partial charge in [0.15, 0.2) is 0 Å². The highest BCUT2D eigenvalue weighted by molar-refractivity contribution is 6.00. The van der Waals surface area contributed by atoms with E-state index < -0.39 is 0 Å². The molecule has 2 aliphatic rings. The Morgan fingerprint density at radius 1 is 1.03 bits per heavy atom. The first kappa shape index (κ1) is 24.3. The minimum Gasteiger partial charge on any atom is -0.509 e. The fourth-order valence-electron chi connectivity index (χ4n) is 5.14. The summed E-state index contributed by atoms with van der Waals surface area (Å²) < 4.78 is 0. The van der Waals surface area contributed by atoms with Crippen molar-refractivity contribution in [3.05, 3.63) is 107 Å². The monoisotopic (exact) mass is 455 g/mol. The van der Waals surface area contributed by atoms with Crippen LogP contribution in [0.1, 0.15) is 61.6 Å². The lowest BCUT2D eigenvalue weighted by molar-refractivity contribution is 0.290. The molecular weight excluding hydrogens is 418 g/mol. The largest absolute Gasteiger partial charge is 0.509 e. The third kappa shape index (κ3) is 5.97. The third-order valence-corrected chi connectivity index (χ3v) is 6.92. The van der Waals surface area contributed by atoms with E-state index in [2.05, 4.69) is 47.9 Å². The van der Waals surface area contributed by atoms with Crippen molar-refractivity contribution in [2.24, 2.45) is 0 Å². The number of aliphatic hydroxyl groups excluding tert-OH is 2. The number of allylic oxidation sites excluding steroid dienone is 6. The Bertz CT molecular complexity index is 1060. The van der Waals surface area contributed by atoms with Crippen molar-refractivity contribution in [1.82, 2.24) is 4.90 Å². The van der Waals surface area contributed by atoms with Gasteiger partial charge >= 0.3 is 0 Å². The molecule has 1 saturated carbocycles. The Hall–Kier alpha value is -2.88. The molecule has 1 aliphatic carbocycles. The molecule has 3 heteroatoms. The van der Waals surface area contributed by atoms with Crippen LogP contribution in [0.4, 0.5) is 0 Å². The van der Waals surface area contributed by atoms with E-state index >= 15 is 0 Å². The molecule has 0 radical (unpaired) electrons. The van der Waals surface area contributed by atoms with E-state index in [1.54, 1.807) is 6.08 Å². The topological polar surface area (TPSA) is 43.7 Å². The first-order chi connectivity index (χ1) is 16.6. The van der Waals surface area contributed by atoms with Crippen molar-refractivity contribution in [2.75, 3.05) is 19.7 Å². The molecule has 0 aromatic heterocycles. The number of aliphatic hydroxyl groups is 2. The van der Waals surface area contributed by atoms with Crippen LogP contribution in [-0.2, 0) is 0 Å². The van der Waals surface area contributed by atoms with E-state index in [1.165, 1.54) is 37.9 Å². The van der Waals surface area contributed by atoms with Crippen molar-refractivity contribution in [3.8, 4) is 0 Å². The van der Waals surface area contributed by atoms with Crippen molar-refractivity contribution in [1.29, 1.82) is 0 Å². The molecule has 178 valence electrons. The van der Waals surface area contributed by atoms with Crippen LogP contribution in [0.15, 0.2) is 90.7 Å². The second-order valence-corrected chi connectivity index (χ2v) is 9.47. The van der Waals surface area contributed by atoms with Crippen LogP contribution < -0.4 is 0 Å². The molecule has 3 nitrogen and oxygen atoms in total. The molecule has 0 bridgehead atoms. The van der Waals surface area contributed by atoms with Gasteiger partial charge in [-0.3, -0.25) is 4.90 Å². The Labute approximate surface area is 204 Å². The summed E-state index contributed by atoms with van der Waals surface area (Å²) in [6.07, 6.45) is 11.1. The second kappa shape index (κ2) is 11.5. The fraction of sp³-hybridized carbons (Fsp3) is 0.355. The number of hydrogen-bond acceptors (Lipinski definition) is 3. The molecular formula is C31H37NO2. The zero-order valence-electron chi connectivity index (χ0n) is 20.3. The van der Waals surface area contributed by atoms with Gasteiger partial charge in [-0.1, -0.05) is 73.3 Å².